The zero-order chi connectivity index (χ0) is 27.0. The highest BCUT2D eigenvalue weighted by atomic mass is 19.2. The van der Waals surface area contributed by atoms with Crippen LogP contribution in [0.5, 0.6) is 0 Å². The van der Waals surface area contributed by atoms with E-state index in [9.17, 15) is 23.1 Å². The number of allylic oxidation sites excluding steroid dienone is 2. The van der Waals surface area contributed by atoms with Gasteiger partial charge in [-0.25, -0.2) is 13.2 Å². The van der Waals surface area contributed by atoms with Crippen LogP contribution in [0.25, 0.3) is 0 Å². The molecule has 0 aromatic rings. The lowest BCUT2D eigenvalue weighted by Gasteiger charge is -2.36. The van der Waals surface area contributed by atoms with Crippen LogP contribution < -0.4 is 5.32 Å². The van der Waals surface area contributed by atoms with Crippen molar-refractivity contribution in [3.8, 4) is 0 Å². The first-order chi connectivity index (χ1) is 16.9. The van der Waals surface area contributed by atoms with Gasteiger partial charge in [-0.3, -0.25) is 9.79 Å². The summed E-state index contributed by atoms with van der Waals surface area (Å²) >= 11 is 0. The molecular weight excluding hydrogens is 471 g/mol. The molecule has 36 heavy (non-hydrogen) atoms. The third-order valence-corrected chi connectivity index (χ3v) is 6.39. The van der Waals surface area contributed by atoms with Crippen LogP contribution in [0.4, 0.5) is 13.2 Å². The molecule has 1 aliphatic heterocycles. The lowest BCUT2D eigenvalue weighted by atomic mass is 9.75. The fourth-order valence-electron chi connectivity index (χ4n) is 4.10. The first kappa shape index (κ1) is 29.6. The van der Waals surface area contributed by atoms with Gasteiger partial charge in [-0.05, 0) is 17.6 Å². The van der Waals surface area contributed by atoms with Gasteiger partial charge in [-0.2, -0.15) is 0 Å². The molecule has 2 rings (SSSR count). The van der Waals surface area contributed by atoms with Crippen LogP contribution in [0.3, 0.4) is 0 Å². The number of carbonyl (C=O) groups excluding carboxylic acids is 1. The largest absolute Gasteiger partial charge is 0.388 e. The Bertz CT molecular complexity index is 957. The third kappa shape index (κ3) is 7.43. The highest BCUT2D eigenvalue weighted by Gasteiger charge is 2.37. The molecule has 1 amide bonds. The zero-order valence-corrected chi connectivity index (χ0v) is 21.7. The number of amides is 1. The molecule has 0 aromatic heterocycles. The van der Waals surface area contributed by atoms with Crippen LogP contribution in [0.15, 0.2) is 65.1 Å². The highest BCUT2D eigenvalue weighted by Crippen LogP contribution is 2.37. The average molecular weight is 510 g/mol. The Morgan fingerprint density at radius 3 is 2.56 bits per heavy atom. The Kier molecular flexibility index (Phi) is 10.7. The summed E-state index contributed by atoms with van der Waals surface area (Å²) in [6.07, 6.45) is 3.82. The van der Waals surface area contributed by atoms with E-state index in [4.69, 9.17) is 9.73 Å². The molecule has 2 N–H and O–H groups in total. The molecule has 0 aromatic carbocycles. The van der Waals surface area contributed by atoms with E-state index in [0.717, 1.165) is 30.7 Å². The fourth-order valence-corrected chi connectivity index (χ4v) is 4.10. The quantitative estimate of drug-likeness (QED) is 0.290. The molecule has 2 aliphatic rings. The number of aliphatic hydroxyl groups is 1. The van der Waals surface area contributed by atoms with Gasteiger partial charge in [0.15, 0.2) is 11.7 Å². The second-order valence-electron chi connectivity index (χ2n) is 10.0. The molecule has 0 radical (unpaired) electrons. The van der Waals surface area contributed by atoms with Crippen LogP contribution in [0.1, 0.15) is 41.0 Å². The lowest BCUT2D eigenvalue weighted by Crippen LogP contribution is -2.42. The van der Waals surface area contributed by atoms with Gasteiger partial charge < -0.3 is 20.1 Å². The predicted molar refractivity (Wildman–Crippen MR) is 136 cm³/mol. The molecule has 200 valence electrons. The zero-order valence-electron chi connectivity index (χ0n) is 21.7. The summed E-state index contributed by atoms with van der Waals surface area (Å²) in [4.78, 5) is 18.9. The van der Waals surface area contributed by atoms with Gasteiger partial charge in [0.1, 0.15) is 0 Å². The van der Waals surface area contributed by atoms with Crippen molar-refractivity contribution in [1.82, 2.24) is 10.2 Å². The number of rotatable bonds is 7. The van der Waals surface area contributed by atoms with Gasteiger partial charge in [-0.15, -0.1) is 0 Å². The maximum Gasteiger partial charge on any atom is 0.229 e. The van der Waals surface area contributed by atoms with Gasteiger partial charge in [0.05, 0.1) is 37.5 Å². The molecule has 6 nitrogen and oxygen atoms in total. The fraction of sp³-hybridized carbons (Fsp3) is 0.556. The van der Waals surface area contributed by atoms with Gasteiger partial charge in [0, 0.05) is 42.6 Å². The van der Waals surface area contributed by atoms with Crippen LogP contribution in [0, 0.1) is 17.3 Å². The van der Waals surface area contributed by atoms with Crippen molar-refractivity contribution in [3.05, 3.63) is 60.1 Å². The monoisotopic (exact) mass is 509 g/mol. The first-order valence-electron chi connectivity index (χ1n) is 12.2. The van der Waals surface area contributed by atoms with E-state index in [1.54, 1.807) is 32.9 Å². The Hall–Kier alpha value is -2.65. The maximum atomic E-state index is 14.8. The summed E-state index contributed by atoms with van der Waals surface area (Å²) in [7, 11) is 0. The molecule has 4 unspecified atom stereocenters. The number of amidine groups is 1. The third-order valence-electron chi connectivity index (χ3n) is 6.39. The van der Waals surface area contributed by atoms with Crippen LogP contribution >= 0.6 is 0 Å². The Balaban J connectivity index is 2.24. The van der Waals surface area contributed by atoms with Crippen LogP contribution in [-0.2, 0) is 9.53 Å². The molecule has 1 heterocycles. The Morgan fingerprint density at radius 2 is 2.00 bits per heavy atom. The minimum Gasteiger partial charge on any atom is -0.388 e. The molecule has 0 bridgehead atoms. The maximum absolute atomic E-state index is 14.8. The van der Waals surface area contributed by atoms with Crippen LogP contribution in [0.2, 0.25) is 0 Å². The standard InChI is InChI=1S/C27H38F3N3O3/c1-7-22(33-12-14-36-15-13-33)32-24-17(2)8-9-19(18(24)3)25(34)20(16-28)23(30)21(29)10-11-31-26(35)27(4,5)6/h8-11,16,18-19,24-25,34H,2,7,12-15H2,1,3-6H3,(H,31,35). The van der Waals surface area contributed by atoms with Crippen molar-refractivity contribution in [3.63, 3.8) is 0 Å². The number of nitrogens with zero attached hydrogens (tertiary/aromatic N) is 2. The average Bonchev–Trinajstić information content (AvgIpc) is 2.84. The molecular formula is C27H38F3N3O3. The summed E-state index contributed by atoms with van der Waals surface area (Å²) in [5.41, 5.74) is -0.828. The molecule has 9 heteroatoms. The molecule has 1 fully saturated rings. The van der Waals surface area contributed by atoms with Crippen molar-refractivity contribution in [2.24, 2.45) is 22.2 Å². The summed E-state index contributed by atoms with van der Waals surface area (Å²) in [6.45, 7) is 15.5. The molecule has 4 atom stereocenters. The van der Waals surface area contributed by atoms with Crippen LogP contribution in [-0.4, -0.2) is 60.2 Å². The molecule has 0 spiro atoms. The second-order valence-corrected chi connectivity index (χ2v) is 10.0. The summed E-state index contributed by atoms with van der Waals surface area (Å²) in [6, 6.07) is -0.419. The van der Waals surface area contributed by atoms with Crippen molar-refractivity contribution in [1.29, 1.82) is 0 Å². The number of carbonyl (C=O) groups is 1. The highest BCUT2D eigenvalue weighted by molar-refractivity contribution is 5.83. The number of hydrogen-bond acceptors (Lipinski definition) is 4. The minimum atomic E-state index is -1.66. The Labute approximate surface area is 212 Å². The second kappa shape index (κ2) is 13.1. The SMILES string of the molecule is C=C1C=CC(C(O)C(=CF)C(F)=C(F)C=CNC(=O)C(C)(C)C)C(C)C1N=C(CC)N1CCOCC1. The summed E-state index contributed by atoms with van der Waals surface area (Å²) in [5, 5.41) is 13.2. The lowest BCUT2D eigenvalue weighted by molar-refractivity contribution is -0.127. The topological polar surface area (TPSA) is 74.2 Å². The number of aliphatic hydroxyl groups excluding tert-OH is 1. The first-order valence-corrected chi connectivity index (χ1v) is 12.2. The van der Waals surface area contributed by atoms with E-state index in [0.29, 0.717) is 25.7 Å². The van der Waals surface area contributed by atoms with Gasteiger partial charge in [0.25, 0.3) is 0 Å². The van der Waals surface area contributed by atoms with Gasteiger partial charge in [-0.1, -0.05) is 53.3 Å². The van der Waals surface area contributed by atoms with Crippen molar-refractivity contribution in [2.45, 2.75) is 53.2 Å². The number of morpholine rings is 1. The van der Waals surface area contributed by atoms with E-state index >= 15 is 0 Å². The van der Waals surface area contributed by atoms with Crippen molar-refractivity contribution in [2.75, 3.05) is 26.3 Å². The Morgan fingerprint density at radius 1 is 1.36 bits per heavy atom. The van der Waals surface area contributed by atoms with E-state index in [-0.39, 0.29) is 12.2 Å². The summed E-state index contributed by atoms with van der Waals surface area (Å²) < 4.78 is 48.4. The number of hydrogen-bond donors (Lipinski definition) is 2. The number of aliphatic imine (C=N–C) groups is 1. The van der Waals surface area contributed by atoms with E-state index in [1.807, 2.05) is 13.8 Å². The van der Waals surface area contributed by atoms with Gasteiger partial charge >= 0.3 is 0 Å². The predicted octanol–water partition coefficient (Wildman–Crippen LogP) is 4.91. The van der Waals surface area contributed by atoms with Gasteiger partial charge in [0.2, 0.25) is 5.91 Å². The number of nitrogens with one attached hydrogen (secondary N) is 1. The molecule has 1 aliphatic carbocycles. The van der Waals surface area contributed by atoms with E-state index < -0.39 is 46.6 Å². The smallest absolute Gasteiger partial charge is 0.229 e. The van der Waals surface area contributed by atoms with Crippen molar-refractivity contribution >= 4 is 11.7 Å². The van der Waals surface area contributed by atoms with E-state index in [1.165, 1.54) is 0 Å². The number of ether oxygens (including phenoxy) is 1. The summed E-state index contributed by atoms with van der Waals surface area (Å²) in [5.74, 6) is -3.59. The molecule has 0 saturated carbocycles. The van der Waals surface area contributed by atoms with Crippen molar-refractivity contribution < 1.29 is 27.8 Å². The molecule has 1 saturated heterocycles. The number of halogens is 3. The minimum absolute atomic E-state index is 0.130. The normalized spacial score (nSPS) is 25.8. The van der Waals surface area contributed by atoms with E-state index in [2.05, 4.69) is 16.8 Å².